The molecule has 0 spiro atoms. The molecule has 2 heterocycles. The van der Waals surface area contributed by atoms with Crippen molar-refractivity contribution in [1.29, 1.82) is 0 Å². The van der Waals surface area contributed by atoms with E-state index in [9.17, 15) is 0 Å². The molecule has 2 unspecified atom stereocenters. The zero-order chi connectivity index (χ0) is 11.2. The molecule has 0 radical (unpaired) electrons. The highest BCUT2D eigenvalue weighted by Gasteiger charge is 2.17. The average molecular weight is 244 g/mol. The van der Waals surface area contributed by atoms with Crippen LogP contribution in [0.2, 0.25) is 0 Å². The van der Waals surface area contributed by atoms with Gasteiger partial charge in [-0.05, 0) is 24.6 Å². The van der Waals surface area contributed by atoms with Gasteiger partial charge in [0.1, 0.15) is 0 Å². The molecule has 2 atom stereocenters. The van der Waals surface area contributed by atoms with E-state index in [0.717, 1.165) is 38.3 Å². The fraction of sp³-hybridized carbons (Fsp3) is 1.00. The van der Waals surface area contributed by atoms with Gasteiger partial charge in [-0.1, -0.05) is 6.92 Å². The van der Waals surface area contributed by atoms with Gasteiger partial charge in [0.25, 0.3) is 0 Å². The number of hydrogen-bond acceptors (Lipinski definition) is 4. The van der Waals surface area contributed by atoms with Crippen LogP contribution >= 0.6 is 11.8 Å². The monoisotopic (exact) mass is 244 g/mol. The number of rotatable bonds is 5. The van der Waals surface area contributed by atoms with Crippen molar-refractivity contribution in [1.82, 2.24) is 10.2 Å². The number of nitrogens with zero attached hydrogens (tertiary/aromatic N) is 1. The zero-order valence-corrected chi connectivity index (χ0v) is 11.1. The van der Waals surface area contributed by atoms with Crippen molar-refractivity contribution in [2.75, 3.05) is 50.9 Å². The maximum atomic E-state index is 5.36. The molecule has 0 aromatic heterocycles. The first-order valence-electron chi connectivity index (χ1n) is 6.46. The highest BCUT2D eigenvalue weighted by Crippen LogP contribution is 2.17. The van der Waals surface area contributed by atoms with E-state index in [0.29, 0.717) is 0 Å². The minimum Gasteiger partial charge on any atom is -0.379 e. The molecule has 4 heteroatoms. The summed E-state index contributed by atoms with van der Waals surface area (Å²) >= 11 is 2.08. The standard InChI is InChI=1S/C12H24N2OS/c1-11(8-13-12-2-7-16-10-12)9-14-3-5-15-6-4-14/h11-13H,2-10H2,1H3. The lowest BCUT2D eigenvalue weighted by Gasteiger charge is -2.29. The van der Waals surface area contributed by atoms with Gasteiger partial charge >= 0.3 is 0 Å². The largest absolute Gasteiger partial charge is 0.379 e. The van der Waals surface area contributed by atoms with E-state index < -0.39 is 0 Å². The van der Waals surface area contributed by atoms with Crippen LogP contribution in [0.25, 0.3) is 0 Å². The summed E-state index contributed by atoms with van der Waals surface area (Å²) in [6.07, 6.45) is 1.36. The van der Waals surface area contributed by atoms with Crippen LogP contribution in [-0.2, 0) is 4.74 Å². The van der Waals surface area contributed by atoms with Crippen molar-refractivity contribution >= 4 is 11.8 Å². The second-order valence-electron chi connectivity index (χ2n) is 4.99. The normalized spacial score (nSPS) is 29.4. The number of hydrogen-bond donors (Lipinski definition) is 1. The van der Waals surface area contributed by atoms with E-state index in [1.807, 2.05) is 0 Å². The third-order valence-corrected chi connectivity index (χ3v) is 4.52. The zero-order valence-electron chi connectivity index (χ0n) is 10.3. The van der Waals surface area contributed by atoms with Crippen LogP contribution in [0.15, 0.2) is 0 Å². The minimum atomic E-state index is 0.753. The van der Waals surface area contributed by atoms with Crippen molar-refractivity contribution in [2.24, 2.45) is 5.92 Å². The van der Waals surface area contributed by atoms with Crippen LogP contribution in [-0.4, -0.2) is 61.8 Å². The van der Waals surface area contributed by atoms with Crippen molar-refractivity contribution < 1.29 is 4.74 Å². The minimum absolute atomic E-state index is 0.753. The number of morpholine rings is 1. The van der Waals surface area contributed by atoms with Gasteiger partial charge in [0.15, 0.2) is 0 Å². The summed E-state index contributed by atoms with van der Waals surface area (Å²) in [5.41, 5.74) is 0. The molecule has 0 bridgehead atoms. The van der Waals surface area contributed by atoms with Crippen LogP contribution in [0.1, 0.15) is 13.3 Å². The van der Waals surface area contributed by atoms with E-state index in [1.54, 1.807) is 0 Å². The summed E-state index contributed by atoms with van der Waals surface area (Å²) in [4.78, 5) is 2.53. The van der Waals surface area contributed by atoms with E-state index in [2.05, 4.69) is 28.9 Å². The van der Waals surface area contributed by atoms with Crippen LogP contribution in [0.5, 0.6) is 0 Å². The molecule has 94 valence electrons. The van der Waals surface area contributed by atoms with Crippen LogP contribution < -0.4 is 5.32 Å². The molecule has 2 fully saturated rings. The SMILES string of the molecule is CC(CNC1CCSC1)CN1CCOCC1. The molecule has 0 saturated carbocycles. The van der Waals surface area contributed by atoms with Gasteiger partial charge in [-0.3, -0.25) is 4.90 Å². The topological polar surface area (TPSA) is 24.5 Å². The fourth-order valence-electron chi connectivity index (χ4n) is 2.35. The predicted molar refractivity (Wildman–Crippen MR) is 70.2 cm³/mol. The van der Waals surface area contributed by atoms with Gasteiger partial charge < -0.3 is 10.1 Å². The van der Waals surface area contributed by atoms with Gasteiger partial charge in [0, 0.05) is 31.4 Å². The lowest BCUT2D eigenvalue weighted by Crippen LogP contribution is -2.42. The summed E-state index contributed by atoms with van der Waals surface area (Å²) in [7, 11) is 0. The Balaban J connectivity index is 1.57. The summed E-state index contributed by atoms with van der Waals surface area (Å²) in [6.45, 7) is 8.80. The number of nitrogens with one attached hydrogen (secondary N) is 1. The Morgan fingerprint density at radius 3 is 2.94 bits per heavy atom. The van der Waals surface area contributed by atoms with Crippen LogP contribution in [0.4, 0.5) is 0 Å². The van der Waals surface area contributed by atoms with Crippen molar-refractivity contribution in [2.45, 2.75) is 19.4 Å². The molecule has 0 aliphatic carbocycles. The first kappa shape index (κ1) is 12.7. The number of thioether (sulfide) groups is 1. The van der Waals surface area contributed by atoms with Gasteiger partial charge in [0.05, 0.1) is 13.2 Å². The Kier molecular flexibility index (Phi) is 5.42. The Bertz CT molecular complexity index is 191. The Hall–Kier alpha value is 0.230. The van der Waals surface area contributed by atoms with Gasteiger partial charge in [0.2, 0.25) is 0 Å². The molecular weight excluding hydrogens is 220 g/mol. The molecule has 0 amide bonds. The lowest BCUT2D eigenvalue weighted by atomic mass is 10.1. The molecule has 2 saturated heterocycles. The fourth-order valence-corrected chi connectivity index (χ4v) is 3.54. The maximum Gasteiger partial charge on any atom is 0.0594 e. The second kappa shape index (κ2) is 6.84. The maximum absolute atomic E-state index is 5.36. The third kappa shape index (κ3) is 4.24. The highest BCUT2D eigenvalue weighted by atomic mass is 32.2. The first-order chi connectivity index (χ1) is 7.84. The van der Waals surface area contributed by atoms with E-state index in [-0.39, 0.29) is 0 Å². The molecule has 2 aliphatic rings. The molecule has 0 aromatic carbocycles. The molecule has 3 nitrogen and oxygen atoms in total. The highest BCUT2D eigenvalue weighted by molar-refractivity contribution is 7.99. The summed E-state index contributed by atoms with van der Waals surface area (Å²) in [5, 5.41) is 3.69. The van der Waals surface area contributed by atoms with Crippen molar-refractivity contribution in [3.05, 3.63) is 0 Å². The number of ether oxygens (including phenoxy) is 1. The van der Waals surface area contributed by atoms with E-state index in [4.69, 9.17) is 4.74 Å². The van der Waals surface area contributed by atoms with Crippen molar-refractivity contribution in [3.8, 4) is 0 Å². The Labute approximate surface area is 103 Å². The van der Waals surface area contributed by atoms with Gasteiger partial charge in [-0.2, -0.15) is 11.8 Å². The summed E-state index contributed by atoms with van der Waals surface area (Å²) in [5.74, 6) is 3.41. The summed E-state index contributed by atoms with van der Waals surface area (Å²) in [6, 6.07) is 0.775. The Morgan fingerprint density at radius 2 is 2.25 bits per heavy atom. The first-order valence-corrected chi connectivity index (χ1v) is 7.61. The Morgan fingerprint density at radius 1 is 1.44 bits per heavy atom. The van der Waals surface area contributed by atoms with Gasteiger partial charge in [-0.15, -0.1) is 0 Å². The quantitative estimate of drug-likeness (QED) is 0.781. The third-order valence-electron chi connectivity index (χ3n) is 3.36. The predicted octanol–water partition coefficient (Wildman–Crippen LogP) is 1.05. The second-order valence-corrected chi connectivity index (χ2v) is 6.14. The molecule has 1 N–H and O–H groups in total. The molecule has 16 heavy (non-hydrogen) atoms. The summed E-state index contributed by atoms with van der Waals surface area (Å²) < 4.78 is 5.36. The lowest BCUT2D eigenvalue weighted by molar-refractivity contribution is 0.0317. The van der Waals surface area contributed by atoms with E-state index >= 15 is 0 Å². The molecule has 2 rings (SSSR count). The van der Waals surface area contributed by atoms with E-state index in [1.165, 1.54) is 31.0 Å². The molecule has 2 aliphatic heterocycles. The molecule has 0 aromatic rings. The average Bonchev–Trinajstić information content (AvgIpc) is 2.81. The van der Waals surface area contributed by atoms with Crippen LogP contribution in [0.3, 0.4) is 0 Å². The van der Waals surface area contributed by atoms with Crippen LogP contribution in [0, 0.1) is 5.92 Å². The smallest absolute Gasteiger partial charge is 0.0594 e. The van der Waals surface area contributed by atoms with Gasteiger partial charge in [-0.25, -0.2) is 0 Å². The van der Waals surface area contributed by atoms with Crippen molar-refractivity contribution in [3.63, 3.8) is 0 Å². The molecular formula is C12H24N2OS.